The van der Waals surface area contributed by atoms with Gasteiger partial charge >= 0.3 is 0 Å². The van der Waals surface area contributed by atoms with Crippen LogP contribution >= 0.6 is 11.8 Å². The minimum Gasteiger partial charge on any atom is -0.390 e. The standard InChI is InChI=1S/C11H15NO2S/c1-9(13)12-7-10(14)8-15-11-5-3-2-4-6-11/h2-6,10,14H,7-8H2,1H3,(H,12,13). The molecule has 0 saturated heterocycles. The number of rotatable bonds is 5. The molecular weight excluding hydrogens is 210 g/mol. The zero-order chi connectivity index (χ0) is 11.1. The normalized spacial score (nSPS) is 12.1. The molecule has 1 aromatic rings. The Morgan fingerprint density at radius 1 is 1.47 bits per heavy atom. The molecule has 1 amide bonds. The van der Waals surface area contributed by atoms with E-state index in [4.69, 9.17) is 0 Å². The van der Waals surface area contributed by atoms with Crippen LogP contribution in [-0.2, 0) is 4.79 Å². The Hall–Kier alpha value is -1.00. The molecule has 1 atom stereocenters. The van der Waals surface area contributed by atoms with Crippen molar-refractivity contribution >= 4 is 17.7 Å². The van der Waals surface area contributed by atoms with Gasteiger partial charge < -0.3 is 10.4 Å². The van der Waals surface area contributed by atoms with E-state index in [1.807, 2.05) is 30.3 Å². The average molecular weight is 225 g/mol. The molecule has 0 aliphatic carbocycles. The third-order valence-electron chi connectivity index (χ3n) is 1.77. The predicted octanol–water partition coefficient (Wildman–Crippen LogP) is 1.28. The van der Waals surface area contributed by atoms with E-state index in [-0.39, 0.29) is 5.91 Å². The molecule has 0 fully saturated rings. The monoisotopic (exact) mass is 225 g/mol. The van der Waals surface area contributed by atoms with E-state index in [9.17, 15) is 9.90 Å². The van der Waals surface area contributed by atoms with Crippen molar-refractivity contribution < 1.29 is 9.90 Å². The van der Waals surface area contributed by atoms with Crippen LogP contribution in [0.2, 0.25) is 0 Å². The van der Waals surface area contributed by atoms with Gasteiger partial charge in [-0.15, -0.1) is 11.8 Å². The summed E-state index contributed by atoms with van der Waals surface area (Å²) < 4.78 is 0. The number of thioether (sulfide) groups is 1. The van der Waals surface area contributed by atoms with E-state index in [2.05, 4.69) is 5.32 Å². The number of hydrogen-bond acceptors (Lipinski definition) is 3. The number of carbonyl (C=O) groups excluding carboxylic acids is 1. The van der Waals surface area contributed by atoms with Gasteiger partial charge in [0.2, 0.25) is 5.91 Å². The van der Waals surface area contributed by atoms with Crippen molar-refractivity contribution in [3.63, 3.8) is 0 Å². The van der Waals surface area contributed by atoms with Crippen molar-refractivity contribution in [3.8, 4) is 0 Å². The van der Waals surface area contributed by atoms with Gasteiger partial charge in [-0.25, -0.2) is 0 Å². The van der Waals surface area contributed by atoms with Crippen molar-refractivity contribution in [3.05, 3.63) is 30.3 Å². The third-order valence-corrected chi connectivity index (χ3v) is 2.93. The molecule has 2 N–H and O–H groups in total. The van der Waals surface area contributed by atoms with Crippen molar-refractivity contribution in [2.24, 2.45) is 0 Å². The molecular formula is C11H15NO2S. The van der Waals surface area contributed by atoms with Gasteiger partial charge in [0.05, 0.1) is 6.10 Å². The topological polar surface area (TPSA) is 49.3 Å². The van der Waals surface area contributed by atoms with E-state index in [0.29, 0.717) is 12.3 Å². The van der Waals surface area contributed by atoms with Crippen LogP contribution < -0.4 is 5.32 Å². The second kappa shape index (κ2) is 6.48. The lowest BCUT2D eigenvalue weighted by molar-refractivity contribution is -0.119. The maximum absolute atomic E-state index is 10.6. The molecule has 1 aromatic carbocycles. The molecule has 0 radical (unpaired) electrons. The van der Waals surface area contributed by atoms with Crippen LogP contribution in [0.1, 0.15) is 6.92 Å². The van der Waals surface area contributed by atoms with Crippen molar-refractivity contribution in [1.82, 2.24) is 5.32 Å². The summed E-state index contributed by atoms with van der Waals surface area (Å²) in [4.78, 5) is 11.7. The lowest BCUT2D eigenvalue weighted by Crippen LogP contribution is -2.31. The number of amides is 1. The summed E-state index contributed by atoms with van der Waals surface area (Å²) >= 11 is 1.58. The highest BCUT2D eigenvalue weighted by atomic mass is 32.2. The van der Waals surface area contributed by atoms with Gasteiger partial charge in [0, 0.05) is 24.1 Å². The Bertz CT molecular complexity index is 303. The fourth-order valence-corrected chi connectivity index (χ4v) is 1.88. The van der Waals surface area contributed by atoms with Gasteiger partial charge in [0.15, 0.2) is 0 Å². The first-order chi connectivity index (χ1) is 7.18. The van der Waals surface area contributed by atoms with Crippen LogP contribution in [0.5, 0.6) is 0 Å². The zero-order valence-corrected chi connectivity index (χ0v) is 9.46. The van der Waals surface area contributed by atoms with Crippen LogP contribution in [0, 0.1) is 0 Å². The molecule has 82 valence electrons. The second-order valence-electron chi connectivity index (χ2n) is 3.21. The Kier molecular flexibility index (Phi) is 5.21. The summed E-state index contributed by atoms with van der Waals surface area (Å²) in [6.45, 7) is 1.76. The van der Waals surface area contributed by atoms with Crippen LogP contribution in [0.25, 0.3) is 0 Å². The highest BCUT2D eigenvalue weighted by molar-refractivity contribution is 7.99. The largest absolute Gasteiger partial charge is 0.390 e. The van der Waals surface area contributed by atoms with E-state index in [1.54, 1.807) is 11.8 Å². The highest BCUT2D eigenvalue weighted by Crippen LogP contribution is 2.17. The molecule has 1 rings (SSSR count). The molecule has 0 saturated carbocycles. The number of hydrogen-bond donors (Lipinski definition) is 2. The number of aliphatic hydroxyl groups excluding tert-OH is 1. The maximum Gasteiger partial charge on any atom is 0.216 e. The summed E-state index contributed by atoms with van der Waals surface area (Å²) in [5.74, 6) is 0.475. The maximum atomic E-state index is 10.6. The summed E-state index contributed by atoms with van der Waals surface area (Å²) in [5, 5.41) is 12.1. The molecule has 4 heteroatoms. The van der Waals surface area contributed by atoms with Gasteiger partial charge in [-0.1, -0.05) is 18.2 Å². The summed E-state index contributed by atoms with van der Waals surface area (Å²) in [6, 6.07) is 9.87. The molecule has 0 spiro atoms. The smallest absolute Gasteiger partial charge is 0.216 e. The molecule has 0 bridgehead atoms. The van der Waals surface area contributed by atoms with Gasteiger partial charge in [0.25, 0.3) is 0 Å². The second-order valence-corrected chi connectivity index (χ2v) is 4.31. The minimum absolute atomic E-state index is 0.112. The molecule has 1 unspecified atom stereocenters. The number of carbonyl (C=O) groups is 1. The van der Waals surface area contributed by atoms with E-state index < -0.39 is 6.10 Å². The van der Waals surface area contributed by atoms with Crippen molar-refractivity contribution in [2.75, 3.05) is 12.3 Å². The molecule has 0 aliphatic heterocycles. The first-order valence-corrected chi connectivity index (χ1v) is 5.77. The van der Waals surface area contributed by atoms with Crippen LogP contribution in [0.3, 0.4) is 0 Å². The fraction of sp³-hybridized carbons (Fsp3) is 0.364. The number of benzene rings is 1. The average Bonchev–Trinajstić information content (AvgIpc) is 2.25. The van der Waals surface area contributed by atoms with Gasteiger partial charge in [-0.2, -0.15) is 0 Å². The molecule has 3 nitrogen and oxygen atoms in total. The Labute approximate surface area is 93.9 Å². The van der Waals surface area contributed by atoms with Crippen LogP contribution in [0.4, 0.5) is 0 Å². The summed E-state index contributed by atoms with van der Waals surface area (Å²) in [5.41, 5.74) is 0. The summed E-state index contributed by atoms with van der Waals surface area (Å²) in [6.07, 6.45) is -0.501. The van der Waals surface area contributed by atoms with Crippen LogP contribution in [0.15, 0.2) is 35.2 Å². The zero-order valence-electron chi connectivity index (χ0n) is 8.64. The lowest BCUT2D eigenvalue weighted by atomic mass is 10.4. The van der Waals surface area contributed by atoms with E-state index in [0.717, 1.165) is 4.90 Å². The SMILES string of the molecule is CC(=O)NCC(O)CSc1ccccc1. The Morgan fingerprint density at radius 2 is 2.13 bits per heavy atom. The summed E-state index contributed by atoms with van der Waals surface area (Å²) in [7, 11) is 0. The van der Waals surface area contributed by atoms with Gasteiger partial charge in [0.1, 0.15) is 0 Å². The van der Waals surface area contributed by atoms with Crippen molar-refractivity contribution in [1.29, 1.82) is 0 Å². The number of aliphatic hydroxyl groups is 1. The van der Waals surface area contributed by atoms with E-state index >= 15 is 0 Å². The minimum atomic E-state index is -0.501. The van der Waals surface area contributed by atoms with Crippen LogP contribution in [-0.4, -0.2) is 29.4 Å². The quantitative estimate of drug-likeness (QED) is 0.742. The third kappa shape index (κ3) is 5.44. The molecule has 0 aliphatic rings. The molecule has 0 aromatic heterocycles. The Morgan fingerprint density at radius 3 is 2.73 bits per heavy atom. The fourth-order valence-electron chi connectivity index (χ4n) is 1.03. The van der Waals surface area contributed by atoms with Gasteiger partial charge in [-0.3, -0.25) is 4.79 Å². The number of nitrogens with one attached hydrogen (secondary N) is 1. The lowest BCUT2D eigenvalue weighted by Gasteiger charge is -2.10. The highest BCUT2D eigenvalue weighted by Gasteiger charge is 2.05. The molecule has 15 heavy (non-hydrogen) atoms. The predicted molar refractivity (Wildman–Crippen MR) is 61.9 cm³/mol. The first kappa shape index (κ1) is 12.1. The molecule has 0 heterocycles. The van der Waals surface area contributed by atoms with E-state index in [1.165, 1.54) is 6.92 Å². The Balaban J connectivity index is 2.22. The first-order valence-electron chi connectivity index (χ1n) is 4.79. The van der Waals surface area contributed by atoms with Crippen molar-refractivity contribution in [2.45, 2.75) is 17.9 Å². The van der Waals surface area contributed by atoms with Gasteiger partial charge in [-0.05, 0) is 12.1 Å².